The van der Waals surface area contributed by atoms with Gasteiger partial charge in [0.05, 0.1) is 27.7 Å². The average Bonchev–Trinajstić information content (AvgIpc) is 3.21. The van der Waals surface area contributed by atoms with E-state index in [0.717, 1.165) is 6.54 Å². The van der Waals surface area contributed by atoms with E-state index in [1.165, 1.54) is 18.5 Å². The molecule has 0 radical (unpaired) electrons. The van der Waals surface area contributed by atoms with Crippen LogP contribution in [0.5, 0.6) is 11.6 Å². The number of nitrogens with one attached hydrogen (secondary N) is 2. The second kappa shape index (κ2) is 10.6. The SMILES string of the molecule is CCOC(=O)NC(=O)C(C#N)=NNc1cc(Cl)c(Oc2ncnc3c2ccn3CC)c(Cl)c1. The number of benzene rings is 1. The first-order valence-corrected chi connectivity index (χ1v) is 10.3. The maximum atomic E-state index is 11.9. The lowest BCUT2D eigenvalue weighted by atomic mass is 10.3. The van der Waals surface area contributed by atoms with Gasteiger partial charge in [-0.25, -0.2) is 14.8 Å². The van der Waals surface area contributed by atoms with Gasteiger partial charge in [-0.2, -0.15) is 10.4 Å². The number of nitriles is 1. The molecular formula is C20H17Cl2N7O4. The van der Waals surface area contributed by atoms with Crippen LogP contribution in [0.25, 0.3) is 11.0 Å². The molecule has 0 aliphatic carbocycles. The van der Waals surface area contributed by atoms with Crippen molar-refractivity contribution in [1.29, 1.82) is 5.26 Å². The van der Waals surface area contributed by atoms with Crippen LogP contribution in [-0.4, -0.2) is 38.9 Å². The predicted molar refractivity (Wildman–Crippen MR) is 122 cm³/mol. The summed E-state index contributed by atoms with van der Waals surface area (Å²) in [5.41, 5.74) is 2.85. The summed E-state index contributed by atoms with van der Waals surface area (Å²) in [5.74, 6) is -0.609. The zero-order valence-electron chi connectivity index (χ0n) is 17.4. The van der Waals surface area contributed by atoms with E-state index in [4.69, 9.17) is 33.2 Å². The molecule has 3 aromatic rings. The number of rotatable bonds is 7. The van der Waals surface area contributed by atoms with Crippen molar-refractivity contribution in [2.24, 2.45) is 5.10 Å². The molecule has 13 heteroatoms. The largest absolute Gasteiger partial charge is 0.450 e. The standard InChI is InChI=1S/C20H17Cl2N7O4/c1-3-29-6-5-12-17(29)24-10-25-19(12)33-16-13(21)7-11(8-14(16)22)27-28-15(9-23)18(30)26-20(31)32-4-2/h5-8,10,27H,3-4H2,1-2H3,(H,26,30,31). The number of hydrogen-bond acceptors (Lipinski definition) is 9. The highest BCUT2D eigenvalue weighted by Gasteiger charge is 2.17. The lowest BCUT2D eigenvalue weighted by Crippen LogP contribution is -2.36. The van der Waals surface area contributed by atoms with E-state index in [1.807, 2.05) is 29.1 Å². The van der Waals surface area contributed by atoms with Gasteiger partial charge in [-0.05, 0) is 32.0 Å². The summed E-state index contributed by atoms with van der Waals surface area (Å²) < 4.78 is 12.4. The van der Waals surface area contributed by atoms with Crippen molar-refractivity contribution in [1.82, 2.24) is 19.9 Å². The third kappa shape index (κ3) is 5.49. The van der Waals surface area contributed by atoms with Gasteiger partial charge in [-0.1, -0.05) is 23.2 Å². The first kappa shape index (κ1) is 23.8. The number of nitrogens with zero attached hydrogens (tertiary/aromatic N) is 5. The van der Waals surface area contributed by atoms with E-state index < -0.39 is 17.7 Å². The number of carbonyl (C=O) groups is 2. The number of halogens is 2. The number of amides is 2. The van der Waals surface area contributed by atoms with Crippen molar-refractivity contribution in [2.45, 2.75) is 20.4 Å². The van der Waals surface area contributed by atoms with Gasteiger partial charge in [0.1, 0.15) is 18.0 Å². The van der Waals surface area contributed by atoms with Gasteiger partial charge >= 0.3 is 6.09 Å². The second-order valence-electron chi connectivity index (χ2n) is 6.25. The van der Waals surface area contributed by atoms with E-state index in [2.05, 4.69) is 25.2 Å². The quantitative estimate of drug-likeness (QED) is 0.372. The minimum atomic E-state index is -1.03. The number of alkyl carbamates (subject to hydrolysis) is 1. The molecule has 2 heterocycles. The normalized spacial score (nSPS) is 11.1. The van der Waals surface area contributed by atoms with Crippen LogP contribution in [-0.2, 0) is 16.1 Å². The molecule has 0 spiro atoms. The number of fused-ring (bicyclic) bond motifs is 1. The van der Waals surface area contributed by atoms with E-state index in [9.17, 15) is 9.59 Å². The van der Waals surface area contributed by atoms with E-state index in [-0.39, 0.29) is 34.0 Å². The molecule has 0 atom stereocenters. The monoisotopic (exact) mass is 489 g/mol. The van der Waals surface area contributed by atoms with Gasteiger partial charge in [0, 0.05) is 12.7 Å². The Morgan fingerprint density at radius 3 is 2.61 bits per heavy atom. The van der Waals surface area contributed by atoms with Crippen LogP contribution in [0.15, 0.2) is 35.8 Å². The lowest BCUT2D eigenvalue weighted by Gasteiger charge is -2.11. The van der Waals surface area contributed by atoms with Crippen molar-refractivity contribution in [3.8, 4) is 17.7 Å². The number of anilines is 1. The predicted octanol–water partition coefficient (Wildman–Crippen LogP) is 4.11. The number of hydrogen-bond donors (Lipinski definition) is 2. The summed E-state index contributed by atoms with van der Waals surface area (Å²) in [5, 5.41) is 15.6. The molecule has 1 aromatic carbocycles. The molecule has 3 rings (SSSR count). The van der Waals surface area contributed by atoms with Crippen molar-refractivity contribution in [3.63, 3.8) is 0 Å². The van der Waals surface area contributed by atoms with Crippen LogP contribution in [0.4, 0.5) is 10.5 Å². The fourth-order valence-electron chi connectivity index (χ4n) is 2.70. The van der Waals surface area contributed by atoms with Crippen LogP contribution in [0.1, 0.15) is 13.8 Å². The number of aryl methyl sites for hydroxylation is 1. The van der Waals surface area contributed by atoms with Gasteiger partial charge in [0.15, 0.2) is 5.75 Å². The fourth-order valence-corrected chi connectivity index (χ4v) is 3.27. The minimum absolute atomic E-state index is 0.0623. The Kier molecular flexibility index (Phi) is 7.66. The molecule has 0 unspecified atom stereocenters. The summed E-state index contributed by atoms with van der Waals surface area (Å²) >= 11 is 12.7. The molecular weight excluding hydrogens is 473 g/mol. The van der Waals surface area contributed by atoms with Gasteiger partial charge < -0.3 is 14.0 Å². The molecule has 0 fully saturated rings. The number of aromatic nitrogens is 3. The zero-order chi connectivity index (χ0) is 24.0. The summed E-state index contributed by atoms with van der Waals surface area (Å²) in [6.07, 6.45) is 2.25. The Morgan fingerprint density at radius 1 is 1.24 bits per heavy atom. The summed E-state index contributed by atoms with van der Waals surface area (Å²) in [7, 11) is 0. The lowest BCUT2D eigenvalue weighted by molar-refractivity contribution is -0.114. The number of ether oxygens (including phenoxy) is 2. The summed E-state index contributed by atoms with van der Waals surface area (Å²) in [6.45, 7) is 4.35. The smallest absolute Gasteiger partial charge is 0.414 e. The maximum Gasteiger partial charge on any atom is 0.414 e. The van der Waals surface area contributed by atoms with Gasteiger partial charge in [0.2, 0.25) is 11.6 Å². The number of hydrazone groups is 1. The van der Waals surface area contributed by atoms with E-state index in [0.29, 0.717) is 11.0 Å². The Hall–Kier alpha value is -3.88. The van der Waals surface area contributed by atoms with Crippen LogP contribution >= 0.6 is 23.2 Å². The van der Waals surface area contributed by atoms with Gasteiger partial charge in [-0.3, -0.25) is 15.5 Å². The van der Waals surface area contributed by atoms with Gasteiger partial charge in [-0.15, -0.1) is 0 Å². The van der Waals surface area contributed by atoms with Gasteiger partial charge in [0.25, 0.3) is 5.91 Å². The van der Waals surface area contributed by atoms with Crippen molar-refractivity contribution < 1.29 is 19.1 Å². The molecule has 0 saturated carbocycles. The Morgan fingerprint density at radius 2 is 1.97 bits per heavy atom. The van der Waals surface area contributed by atoms with Crippen LogP contribution in [0, 0.1) is 11.3 Å². The molecule has 2 N–H and O–H groups in total. The molecule has 0 bridgehead atoms. The van der Waals surface area contributed by atoms with Crippen LogP contribution in [0.3, 0.4) is 0 Å². The first-order valence-electron chi connectivity index (χ1n) is 9.56. The highest BCUT2D eigenvalue weighted by Crippen LogP contribution is 2.39. The van der Waals surface area contributed by atoms with Crippen LogP contribution in [0.2, 0.25) is 10.0 Å². The fraction of sp³-hybridized carbons (Fsp3) is 0.200. The van der Waals surface area contributed by atoms with E-state index in [1.54, 1.807) is 13.0 Å². The topological polar surface area (TPSA) is 144 Å². The molecule has 0 saturated heterocycles. The minimum Gasteiger partial charge on any atom is -0.450 e. The van der Waals surface area contributed by atoms with Crippen molar-refractivity contribution in [2.75, 3.05) is 12.0 Å². The summed E-state index contributed by atoms with van der Waals surface area (Å²) in [4.78, 5) is 31.7. The zero-order valence-corrected chi connectivity index (χ0v) is 18.9. The van der Waals surface area contributed by atoms with Crippen molar-refractivity contribution >= 4 is 57.6 Å². The maximum absolute atomic E-state index is 11.9. The second-order valence-corrected chi connectivity index (χ2v) is 7.06. The molecule has 0 aliphatic rings. The molecule has 0 aliphatic heterocycles. The average molecular weight is 490 g/mol. The Bertz CT molecular complexity index is 1260. The number of imide groups is 1. The molecule has 2 amide bonds. The molecule has 11 nitrogen and oxygen atoms in total. The highest BCUT2D eigenvalue weighted by atomic mass is 35.5. The third-order valence-corrected chi connectivity index (χ3v) is 4.73. The molecule has 2 aromatic heterocycles. The van der Waals surface area contributed by atoms with Crippen LogP contribution < -0.4 is 15.5 Å². The first-order chi connectivity index (χ1) is 15.9. The number of carbonyl (C=O) groups excluding carboxylic acids is 2. The molecule has 33 heavy (non-hydrogen) atoms. The third-order valence-electron chi connectivity index (χ3n) is 4.17. The Labute approximate surface area is 197 Å². The van der Waals surface area contributed by atoms with Crippen molar-refractivity contribution in [3.05, 3.63) is 40.8 Å². The van der Waals surface area contributed by atoms with E-state index >= 15 is 0 Å². The molecule has 170 valence electrons. The highest BCUT2D eigenvalue weighted by molar-refractivity contribution is 6.47. The Balaban J connectivity index is 1.80. The summed E-state index contributed by atoms with van der Waals surface area (Å²) in [6, 6.07) is 6.26.